The minimum atomic E-state index is -0.0122. The molecule has 22 heavy (non-hydrogen) atoms. The molecule has 2 rings (SSSR count). The van der Waals surface area contributed by atoms with Crippen molar-refractivity contribution in [3.8, 4) is 23.3 Å². The standard InChI is InChI=1S/C16H23N3O3/c1-20-14-5-4-12(15(21-2)16(14)22-3)13(6-7-17)19-10-8-18-9-11-19/h4-5,13,18H,6,8-11H2,1-3H3/t13-/m1/s1. The molecule has 1 heterocycles. The number of nitrogens with one attached hydrogen (secondary N) is 1. The van der Waals surface area contributed by atoms with E-state index in [1.54, 1.807) is 21.3 Å². The van der Waals surface area contributed by atoms with Crippen molar-refractivity contribution in [1.29, 1.82) is 5.26 Å². The van der Waals surface area contributed by atoms with Gasteiger partial charge in [-0.2, -0.15) is 5.26 Å². The lowest BCUT2D eigenvalue weighted by Crippen LogP contribution is -2.45. The normalized spacial score (nSPS) is 16.6. The van der Waals surface area contributed by atoms with E-state index in [-0.39, 0.29) is 6.04 Å². The van der Waals surface area contributed by atoms with Gasteiger partial charge >= 0.3 is 0 Å². The minimum Gasteiger partial charge on any atom is -0.493 e. The SMILES string of the molecule is COc1ccc([C@@H](CC#N)N2CCNCC2)c(OC)c1OC. The molecule has 1 atom stereocenters. The lowest BCUT2D eigenvalue weighted by Gasteiger charge is -2.35. The molecule has 1 aliphatic heterocycles. The van der Waals surface area contributed by atoms with Crippen molar-refractivity contribution in [2.75, 3.05) is 47.5 Å². The summed E-state index contributed by atoms with van der Waals surface area (Å²) in [5.74, 6) is 1.83. The predicted octanol–water partition coefficient (Wildman–Crippen LogP) is 1.57. The Bertz CT molecular complexity index is 536. The van der Waals surface area contributed by atoms with Crippen LogP contribution in [0.4, 0.5) is 0 Å². The van der Waals surface area contributed by atoms with Gasteiger partial charge in [0.1, 0.15) is 0 Å². The van der Waals surface area contributed by atoms with E-state index < -0.39 is 0 Å². The van der Waals surface area contributed by atoms with Crippen molar-refractivity contribution in [2.45, 2.75) is 12.5 Å². The van der Waals surface area contributed by atoms with Gasteiger partial charge in [0.15, 0.2) is 11.5 Å². The number of rotatable bonds is 6. The zero-order chi connectivity index (χ0) is 15.9. The van der Waals surface area contributed by atoms with E-state index in [0.29, 0.717) is 23.7 Å². The van der Waals surface area contributed by atoms with Gasteiger partial charge in [0.05, 0.1) is 39.9 Å². The van der Waals surface area contributed by atoms with Gasteiger partial charge in [-0.3, -0.25) is 4.90 Å². The maximum Gasteiger partial charge on any atom is 0.203 e. The molecule has 1 aromatic rings. The van der Waals surface area contributed by atoms with Crippen LogP contribution in [0.1, 0.15) is 18.0 Å². The molecule has 120 valence electrons. The second-order valence-electron chi connectivity index (χ2n) is 5.09. The van der Waals surface area contributed by atoms with E-state index in [1.807, 2.05) is 12.1 Å². The monoisotopic (exact) mass is 305 g/mol. The maximum absolute atomic E-state index is 9.23. The van der Waals surface area contributed by atoms with Crippen LogP contribution in [-0.2, 0) is 0 Å². The number of benzene rings is 1. The lowest BCUT2D eigenvalue weighted by molar-refractivity contribution is 0.172. The van der Waals surface area contributed by atoms with Gasteiger partial charge in [-0.05, 0) is 12.1 Å². The molecule has 1 fully saturated rings. The van der Waals surface area contributed by atoms with Crippen molar-refractivity contribution in [2.24, 2.45) is 0 Å². The van der Waals surface area contributed by atoms with Gasteiger partial charge < -0.3 is 19.5 Å². The van der Waals surface area contributed by atoms with Crippen molar-refractivity contribution in [1.82, 2.24) is 10.2 Å². The molecule has 0 aromatic heterocycles. The molecular weight excluding hydrogens is 282 g/mol. The van der Waals surface area contributed by atoms with Gasteiger partial charge in [-0.25, -0.2) is 0 Å². The quantitative estimate of drug-likeness (QED) is 0.860. The molecule has 0 saturated carbocycles. The molecule has 6 heteroatoms. The molecule has 0 aliphatic carbocycles. The number of nitriles is 1. The average molecular weight is 305 g/mol. The zero-order valence-electron chi connectivity index (χ0n) is 13.4. The Morgan fingerprint density at radius 3 is 2.36 bits per heavy atom. The zero-order valence-corrected chi connectivity index (χ0v) is 13.4. The fourth-order valence-electron chi connectivity index (χ4n) is 2.90. The molecule has 1 aromatic carbocycles. The minimum absolute atomic E-state index is 0.0122. The first-order valence-corrected chi connectivity index (χ1v) is 7.37. The second-order valence-corrected chi connectivity index (χ2v) is 5.09. The Hall–Kier alpha value is -1.97. The van der Waals surface area contributed by atoms with Crippen LogP contribution in [0.5, 0.6) is 17.2 Å². The summed E-state index contributed by atoms with van der Waals surface area (Å²) in [5.41, 5.74) is 0.962. The molecule has 1 N–H and O–H groups in total. The van der Waals surface area contributed by atoms with E-state index in [9.17, 15) is 5.26 Å². The third kappa shape index (κ3) is 3.26. The largest absolute Gasteiger partial charge is 0.493 e. The molecule has 1 aliphatic rings. The van der Waals surface area contributed by atoms with Crippen LogP contribution in [-0.4, -0.2) is 52.4 Å². The summed E-state index contributed by atoms with van der Waals surface area (Å²) in [7, 11) is 4.80. The first-order chi connectivity index (χ1) is 10.8. The highest BCUT2D eigenvalue weighted by atomic mass is 16.5. The Morgan fingerprint density at radius 1 is 1.14 bits per heavy atom. The van der Waals surface area contributed by atoms with E-state index >= 15 is 0 Å². The van der Waals surface area contributed by atoms with Crippen molar-refractivity contribution in [3.05, 3.63) is 17.7 Å². The Balaban J connectivity index is 2.44. The first kappa shape index (κ1) is 16.4. The van der Waals surface area contributed by atoms with E-state index in [1.165, 1.54) is 0 Å². The number of hydrogen-bond donors (Lipinski definition) is 1. The summed E-state index contributed by atoms with van der Waals surface area (Å²) >= 11 is 0. The third-order valence-electron chi connectivity index (χ3n) is 3.97. The first-order valence-electron chi connectivity index (χ1n) is 7.37. The molecule has 0 spiro atoms. The average Bonchev–Trinajstić information content (AvgIpc) is 2.59. The molecule has 1 saturated heterocycles. The number of methoxy groups -OCH3 is 3. The lowest BCUT2D eigenvalue weighted by atomic mass is 9.99. The van der Waals surface area contributed by atoms with Crippen LogP contribution in [0.15, 0.2) is 12.1 Å². The van der Waals surface area contributed by atoms with Crippen molar-refractivity contribution < 1.29 is 14.2 Å². The molecule has 6 nitrogen and oxygen atoms in total. The van der Waals surface area contributed by atoms with Crippen LogP contribution in [0.2, 0.25) is 0 Å². The number of ether oxygens (including phenoxy) is 3. The van der Waals surface area contributed by atoms with Crippen LogP contribution in [0, 0.1) is 11.3 Å². The summed E-state index contributed by atoms with van der Waals surface area (Å²) in [6, 6.07) is 6.11. The second kappa shape index (κ2) is 7.87. The van der Waals surface area contributed by atoms with Gasteiger partial charge in [-0.15, -0.1) is 0 Å². The summed E-state index contributed by atoms with van der Waals surface area (Å²) < 4.78 is 16.3. The van der Waals surface area contributed by atoms with Gasteiger partial charge in [0.25, 0.3) is 0 Å². The fraction of sp³-hybridized carbons (Fsp3) is 0.562. The molecule has 0 unspecified atom stereocenters. The van der Waals surface area contributed by atoms with Crippen LogP contribution < -0.4 is 19.5 Å². The van der Waals surface area contributed by atoms with Crippen LogP contribution >= 0.6 is 0 Å². The highest BCUT2D eigenvalue weighted by molar-refractivity contribution is 5.56. The highest BCUT2D eigenvalue weighted by Crippen LogP contribution is 2.44. The summed E-state index contributed by atoms with van der Waals surface area (Å²) in [4.78, 5) is 2.31. The van der Waals surface area contributed by atoms with E-state index in [2.05, 4.69) is 16.3 Å². The molecular formula is C16H23N3O3. The topological polar surface area (TPSA) is 66.8 Å². The van der Waals surface area contributed by atoms with E-state index in [0.717, 1.165) is 31.7 Å². The van der Waals surface area contributed by atoms with Gasteiger partial charge in [0, 0.05) is 31.7 Å². The van der Waals surface area contributed by atoms with Crippen LogP contribution in [0.25, 0.3) is 0 Å². The smallest absolute Gasteiger partial charge is 0.203 e. The summed E-state index contributed by atoms with van der Waals surface area (Å²) in [5, 5.41) is 12.6. The summed E-state index contributed by atoms with van der Waals surface area (Å²) in [6.45, 7) is 3.67. The van der Waals surface area contributed by atoms with Crippen LogP contribution in [0.3, 0.4) is 0 Å². The summed E-state index contributed by atoms with van der Waals surface area (Å²) in [6.07, 6.45) is 0.409. The van der Waals surface area contributed by atoms with Gasteiger partial charge in [-0.1, -0.05) is 0 Å². The third-order valence-corrected chi connectivity index (χ3v) is 3.97. The fourth-order valence-corrected chi connectivity index (χ4v) is 2.90. The Labute approximate surface area is 131 Å². The molecule has 0 radical (unpaired) electrons. The van der Waals surface area contributed by atoms with Crippen molar-refractivity contribution >= 4 is 0 Å². The van der Waals surface area contributed by atoms with Gasteiger partial charge in [0.2, 0.25) is 5.75 Å². The van der Waals surface area contributed by atoms with E-state index in [4.69, 9.17) is 14.2 Å². The molecule has 0 amide bonds. The number of hydrogen-bond acceptors (Lipinski definition) is 6. The molecule has 0 bridgehead atoms. The maximum atomic E-state index is 9.23. The predicted molar refractivity (Wildman–Crippen MR) is 83.5 cm³/mol. The Morgan fingerprint density at radius 2 is 1.82 bits per heavy atom. The van der Waals surface area contributed by atoms with Crippen molar-refractivity contribution in [3.63, 3.8) is 0 Å². The number of nitrogens with zero attached hydrogens (tertiary/aromatic N) is 2. The highest BCUT2D eigenvalue weighted by Gasteiger charge is 2.27. The Kier molecular flexibility index (Phi) is 5.87. The number of piperazine rings is 1.